The van der Waals surface area contributed by atoms with Gasteiger partial charge in [-0.3, -0.25) is 9.97 Å². The summed E-state index contributed by atoms with van der Waals surface area (Å²) in [5.41, 5.74) is 2.13. The van der Waals surface area contributed by atoms with Gasteiger partial charge in [-0.05, 0) is 39.5 Å². The fourth-order valence-corrected chi connectivity index (χ4v) is 3.19. The maximum atomic E-state index is 6.04. The molecule has 2 rings (SSSR count). The average Bonchev–Trinajstić information content (AvgIpc) is 2.47. The summed E-state index contributed by atoms with van der Waals surface area (Å²) >= 11 is 0. The van der Waals surface area contributed by atoms with Crippen molar-refractivity contribution in [2.24, 2.45) is 0 Å². The molecule has 1 aliphatic heterocycles. The molecule has 2 unspecified atom stereocenters. The number of nitrogens with zero attached hydrogens (tertiary/aromatic N) is 2. The SMILES string of the molecule is CCC1(CC)CC(NC(C)c2nccnc2C)CCO1. The van der Waals surface area contributed by atoms with Gasteiger partial charge in [0.2, 0.25) is 0 Å². The lowest BCUT2D eigenvalue weighted by Gasteiger charge is -2.41. The topological polar surface area (TPSA) is 47.0 Å². The molecule has 1 fully saturated rings. The Labute approximate surface area is 122 Å². The van der Waals surface area contributed by atoms with Gasteiger partial charge in [0.1, 0.15) is 0 Å². The largest absolute Gasteiger partial charge is 0.375 e. The average molecular weight is 277 g/mol. The van der Waals surface area contributed by atoms with Crippen molar-refractivity contribution >= 4 is 0 Å². The van der Waals surface area contributed by atoms with E-state index in [2.05, 4.69) is 36.1 Å². The molecule has 0 bridgehead atoms. The second-order valence-electron chi connectivity index (χ2n) is 5.84. The van der Waals surface area contributed by atoms with E-state index in [0.29, 0.717) is 6.04 Å². The van der Waals surface area contributed by atoms with Crippen molar-refractivity contribution in [3.63, 3.8) is 0 Å². The van der Waals surface area contributed by atoms with Gasteiger partial charge in [-0.2, -0.15) is 0 Å². The highest BCUT2D eigenvalue weighted by molar-refractivity contribution is 5.12. The second-order valence-corrected chi connectivity index (χ2v) is 5.84. The van der Waals surface area contributed by atoms with E-state index in [1.54, 1.807) is 12.4 Å². The van der Waals surface area contributed by atoms with Crippen LogP contribution in [0.25, 0.3) is 0 Å². The number of aromatic nitrogens is 2. The number of ether oxygens (including phenoxy) is 1. The first-order valence-corrected chi connectivity index (χ1v) is 7.77. The predicted octanol–water partition coefficient (Wildman–Crippen LogP) is 3.17. The molecule has 0 saturated carbocycles. The van der Waals surface area contributed by atoms with Crippen LogP contribution >= 0.6 is 0 Å². The Kier molecular flexibility index (Phi) is 5.11. The zero-order valence-electron chi connectivity index (χ0n) is 13.1. The van der Waals surface area contributed by atoms with Gasteiger partial charge in [-0.25, -0.2) is 0 Å². The van der Waals surface area contributed by atoms with Crippen molar-refractivity contribution in [2.45, 2.75) is 71.1 Å². The van der Waals surface area contributed by atoms with Gasteiger partial charge in [-0.15, -0.1) is 0 Å². The molecule has 0 spiro atoms. The first-order chi connectivity index (χ1) is 9.60. The summed E-state index contributed by atoms with van der Waals surface area (Å²) in [6.45, 7) is 9.49. The van der Waals surface area contributed by atoms with E-state index in [0.717, 1.165) is 43.7 Å². The predicted molar refractivity (Wildman–Crippen MR) is 80.6 cm³/mol. The number of hydrogen-bond acceptors (Lipinski definition) is 4. The van der Waals surface area contributed by atoms with E-state index in [9.17, 15) is 0 Å². The number of aryl methyl sites for hydroxylation is 1. The standard InChI is InChI=1S/C16H27N3O/c1-5-16(6-2)11-14(7-10-20-16)19-13(4)15-12(3)17-8-9-18-15/h8-9,13-14,19H,5-7,10-11H2,1-4H3. The molecular formula is C16H27N3O. The fourth-order valence-electron chi connectivity index (χ4n) is 3.19. The Bertz CT molecular complexity index is 431. The van der Waals surface area contributed by atoms with Crippen molar-refractivity contribution in [2.75, 3.05) is 6.61 Å². The van der Waals surface area contributed by atoms with Crippen molar-refractivity contribution < 1.29 is 4.74 Å². The minimum Gasteiger partial charge on any atom is -0.375 e. The Hall–Kier alpha value is -1.00. The first kappa shape index (κ1) is 15.4. The zero-order valence-corrected chi connectivity index (χ0v) is 13.1. The van der Waals surface area contributed by atoms with E-state index in [1.807, 2.05) is 6.92 Å². The monoisotopic (exact) mass is 277 g/mol. The molecule has 2 heterocycles. The van der Waals surface area contributed by atoms with Crippen LogP contribution in [0.4, 0.5) is 0 Å². The molecule has 1 aromatic heterocycles. The van der Waals surface area contributed by atoms with Gasteiger partial charge in [0.15, 0.2) is 0 Å². The maximum Gasteiger partial charge on any atom is 0.0782 e. The normalized spacial score (nSPS) is 23.5. The molecule has 0 aromatic carbocycles. The van der Waals surface area contributed by atoms with E-state index in [4.69, 9.17) is 4.74 Å². The molecule has 112 valence electrons. The molecule has 4 nitrogen and oxygen atoms in total. The fraction of sp³-hybridized carbons (Fsp3) is 0.750. The molecule has 2 atom stereocenters. The summed E-state index contributed by atoms with van der Waals surface area (Å²) < 4.78 is 6.04. The van der Waals surface area contributed by atoms with Gasteiger partial charge in [0.25, 0.3) is 0 Å². The van der Waals surface area contributed by atoms with Crippen LogP contribution in [0.15, 0.2) is 12.4 Å². The Morgan fingerprint density at radius 1 is 1.35 bits per heavy atom. The molecule has 0 radical (unpaired) electrons. The van der Waals surface area contributed by atoms with Crippen LogP contribution in [0.1, 0.15) is 63.9 Å². The van der Waals surface area contributed by atoms with Gasteiger partial charge in [0.05, 0.1) is 17.0 Å². The van der Waals surface area contributed by atoms with E-state index >= 15 is 0 Å². The minimum absolute atomic E-state index is 0.0625. The van der Waals surface area contributed by atoms with E-state index < -0.39 is 0 Å². The van der Waals surface area contributed by atoms with E-state index in [-0.39, 0.29) is 11.6 Å². The van der Waals surface area contributed by atoms with Crippen LogP contribution in [0.2, 0.25) is 0 Å². The van der Waals surface area contributed by atoms with Gasteiger partial charge in [0, 0.05) is 31.1 Å². The number of hydrogen-bond donors (Lipinski definition) is 1. The summed E-state index contributed by atoms with van der Waals surface area (Å²) in [4.78, 5) is 8.79. The zero-order chi connectivity index (χ0) is 14.6. The first-order valence-electron chi connectivity index (χ1n) is 7.77. The third-order valence-electron chi connectivity index (χ3n) is 4.60. The summed E-state index contributed by atoms with van der Waals surface area (Å²) in [5, 5.41) is 3.72. The van der Waals surface area contributed by atoms with Crippen LogP contribution in [-0.4, -0.2) is 28.2 Å². The molecule has 1 N–H and O–H groups in total. The quantitative estimate of drug-likeness (QED) is 0.898. The summed E-state index contributed by atoms with van der Waals surface area (Å²) in [6, 6.07) is 0.735. The smallest absolute Gasteiger partial charge is 0.0782 e. The molecule has 4 heteroatoms. The Morgan fingerprint density at radius 2 is 2.05 bits per heavy atom. The van der Waals surface area contributed by atoms with E-state index in [1.165, 1.54) is 0 Å². The van der Waals surface area contributed by atoms with Crippen LogP contribution in [-0.2, 0) is 4.74 Å². The Balaban J connectivity index is 2.01. The molecule has 1 aromatic rings. The van der Waals surface area contributed by atoms with Gasteiger partial charge < -0.3 is 10.1 Å². The van der Waals surface area contributed by atoms with Crippen LogP contribution in [0.5, 0.6) is 0 Å². The van der Waals surface area contributed by atoms with Crippen LogP contribution in [0, 0.1) is 6.92 Å². The molecule has 0 amide bonds. The third-order valence-corrected chi connectivity index (χ3v) is 4.60. The second kappa shape index (κ2) is 6.64. The maximum absolute atomic E-state index is 6.04. The summed E-state index contributed by atoms with van der Waals surface area (Å²) in [6.07, 6.45) is 7.85. The lowest BCUT2D eigenvalue weighted by Crippen LogP contribution is -2.47. The Morgan fingerprint density at radius 3 is 2.70 bits per heavy atom. The minimum atomic E-state index is 0.0625. The summed E-state index contributed by atoms with van der Waals surface area (Å²) in [7, 11) is 0. The molecule has 1 aliphatic rings. The van der Waals surface area contributed by atoms with Crippen molar-refractivity contribution in [3.05, 3.63) is 23.8 Å². The highest BCUT2D eigenvalue weighted by atomic mass is 16.5. The van der Waals surface area contributed by atoms with Gasteiger partial charge in [-0.1, -0.05) is 13.8 Å². The lowest BCUT2D eigenvalue weighted by molar-refractivity contribution is -0.0940. The highest BCUT2D eigenvalue weighted by Crippen LogP contribution is 2.32. The summed E-state index contributed by atoms with van der Waals surface area (Å²) in [5.74, 6) is 0. The lowest BCUT2D eigenvalue weighted by atomic mass is 9.85. The van der Waals surface area contributed by atoms with Crippen molar-refractivity contribution in [3.8, 4) is 0 Å². The number of nitrogens with one attached hydrogen (secondary N) is 1. The number of rotatable bonds is 5. The van der Waals surface area contributed by atoms with Crippen LogP contribution in [0.3, 0.4) is 0 Å². The molecule has 0 aliphatic carbocycles. The highest BCUT2D eigenvalue weighted by Gasteiger charge is 2.35. The van der Waals surface area contributed by atoms with Crippen LogP contribution < -0.4 is 5.32 Å². The third kappa shape index (κ3) is 3.36. The molecular weight excluding hydrogens is 250 g/mol. The van der Waals surface area contributed by atoms with Crippen molar-refractivity contribution in [1.82, 2.24) is 15.3 Å². The molecule has 1 saturated heterocycles. The van der Waals surface area contributed by atoms with Gasteiger partial charge >= 0.3 is 0 Å². The van der Waals surface area contributed by atoms with Crippen molar-refractivity contribution in [1.29, 1.82) is 0 Å². The molecule has 20 heavy (non-hydrogen) atoms.